The molecule has 0 saturated carbocycles. The second-order valence-corrected chi connectivity index (χ2v) is 8.81. The van der Waals surface area contributed by atoms with Gasteiger partial charge in [-0.1, -0.05) is 50.6 Å². The maximum Gasteiger partial charge on any atom is 0.286 e. The number of pyridine rings is 1. The Morgan fingerprint density at radius 1 is 1.03 bits per heavy atom. The van der Waals surface area contributed by atoms with E-state index in [1.165, 1.54) is 0 Å². The number of hydrogen-bond donors (Lipinski definition) is 1. The molecule has 2 aromatic carbocycles. The molecule has 0 aliphatic carbocycles. The minimum Gasteiger partial charge on any atom is -0.453 e. The Kier molecular flexibility index (Phi) is 5.49. The molecular weight excluding hydrogens is 400 g/mol. The van der Waals surface area contributed by atoms with Gasteiger partial charge in [0.2, 0.25) is 0 Å². The molecule has 2 heterocycles. The Labute approximate surface area is 176 Å². The van der Waals surface area contributed by atoms with Crippen molar-refractivity contribution in [2.45, 2.75) is 38.5 Å². The van der Waals surface area contributed by atoms with Crippen LogP contribution >= 0.6 is 0 Å². The number of ether oxygens (including phenoxy) is 1. The Morgan fingerprint density at radius 2 is 1.80 bits per heavy atom. The Morgan fingerprint density at radius 3 is 2.53 bits per heavy atom. The van der Waals surface area contributed by atoms with Crippen LogP contribution in [0.25, 0.3) is 11.3 Å². The van der Waals surface area contributed by atoms with Crippen LogP contribution < -0.4 is 9.64 Å². The third-order valence-corrected chi connectivity index (χ3v) is 6.46. The van der Waals surface area contributed by atoms with Crippen LogP contribution in [0.1, 0.15) is 32.3 Å². The van der Waals surface area contributed by atoms with E-state index in [-0.39, 0.29) is 6.42 Å². The molecule has 0 bridgehead atoms. The lowest BCUT2D eigenvalue weighted by Gasteiger charge is -2.38. The number of anilines is 2. The predicted octanol–water partition coefficient (Wildman–Crippen LogP) is 5.57. The standard InChI is InChI=1S/C23H24N2O4S/c1-3-9-16-10-8-15-24-22(16)17-11-7-14-20-23(17)25(21(4-2)30(26,27)28)18-12-5-6-13-19(18)29-20/h5-8,10-15,21H,3-4,9H2,1-2H3,(H,26,27,28). The normalized spacial score (nSPS) is 13.9. The summed E-state index contributed by atoms with van der Waals surface area (Å²) in [4.78, 5) is 6.29. The van der Waals surface area contributed by atoms with Gasteiger partial charge in [0, 0.05) is 11.8 Å². The first kappa shape index (κ1) is 20.4. The van der Waals surface area contributed by atoms with Crippen molar-refractivity contribution in [1.82, 2.24) is 4.98 Å². The summed E-state index contributed by atoms with van der Waals surface area (Å²) in [5, 5.41) is -1.15. The van der Waals surface area contributed by atoms with Gasteiger partial charge in [0.05, 0.1) is 17.1 Å². The monoisotopic (exact) mass is 424 g/mol. The zero-order chi connectivity index (χ0) is 21.3. The smallest absolute Gasteiger partial charge is 0.286 e. The molecule has 30 heavy (non-hydrogen) atoms. The van der Waals surface area contributed by atoms with Crippen molar-refractivity contribution < 1.29 is 17.7 Å². The van der Waals surface area contributed by atoms with Crippen molar-refractivity contribution in [2.75, 3.05) is 4.90 Å². The number of aromatic nitrogens is 1. The van der Waals surface area contributed by atoms with Crippen LogP contribution in [0.4, 0.5) is 11.4 Å². The average molecular weight is 425 g/mol. The van der Waals surface area contributed by atoms with Gasteiger partial charge < -0.3 is 9.64 Å². The number of rotatable bonds is 6. The lowest BCUT2D eigenvalue weighted by Crippen LogP contribution is -2.39. The fourth-order valence-electron chi connectivity index (χ4n) is 4.00. The van der Waals surface area contributed by atoms with Crippen LogP contribution in [-0.2, 0) is 16.5 Å². The van der Waals surface area contributed by atoms with E-state index in [0.29, 0.717) is 22.9 Å². The maximum atomic E-state index is 12.4. The molecule has 0 spiro atoms. The first-order chi connectivity index (χ1) is 14.5. The van der Waals surface area contributed by atoms with Gasteiger partial charge in [-0.2, -0.15) is 8.42 Å². The molecule has 3 aromatic rings. The van der Waals surface area contributed by atoms with E-state index in [9.17, 15) is 13.0 Å². The topological polar surface area (TPSA) is 79.7 Å². The van der Waals surface area contributed by atoms with Crippen molar-refractivity contribution in [1.29, 1.82) is 0 Å². The van der Waals surface area contributed by atoms with E-state index in [2.05, 4.69) is 11.9 Å². The largest absolute Gasteiger partial charge is 0.453 e. The first-order valence-corrected chi connectivity index (χ1v) is 11.6. The molecule has 7 heteroatoms. The molecular formula is C23H24N2O4S. The molecule has 0 saturated heterocycles. The summed E-state index contributed by atoms with van der Waals surface area (Å²) >= 11 is 0. The van der Waals surface area contributed by atoms with E-state index in [1.54, 1.807) is 36.2 Å². The van der Waals surface area contributed by atoms with E-state index in [0.717, 1.165) is 29.7 Å². The lowest BCUT2D eigenvalue weighted by molar-refractivity contribution is 0.452. The third-order valence-electron chi connectivity index (χ3n) is 5.23. The van der Waals surface area contributed by atoms with Crippen LogP contribution in [0, 0.1) is 0 Å². The van der Waals surface area contributed by atoms with Crippen molar-refractivity contribution >= 4 is 21.5 Å². The summed E-state index contributed by atoms with van der Waals surface area (Å²) in [5.41, 5.74) is 3.82. The first-order valence-electron chi connectivity index (χ1n) is 10.0. The second kappa shape index (κ2) is 8.08. The summed E-state index contributed by atoms with van der Waals surface area (Å²) < 4.78 is 40.9. The highest BCUT2D eigenvalue weighted by molar-refractivity contribution is 7.86. The number of para-hydroxylation sites is 3. The number of benzene rings is 2. The summed E-state index contributed by atoms with van der Waals surface area (Å²) in [7, 11) is -4.37. The molecule has 156 valence electrons. The fourth-order valence-corrected chi connectivity index (χ4v) is 4.91. The van der Waals surface area contributed by atoms with E-state index >= 15 is 0 Å². The SMILES string of the molecule is CCCc1cccnc1-c1cccc2c1N(C(CC)S(=O)(=O)O)c1ccccc1O2. The van der Waals surface area contributed by atoms with Crippen LogP contribution in [0.2, 0.25) is 0 Å². The average Bonchev–Trinajstić information content (AvgIpc) is 2.73. The lowest BCUT2D eigenvalue weighted by atomic mass is 9.98. The van der Waals surface area contributed by atoms with E-state index in [1.807, 2.05) is 36.4 Å². The summed E-state index contributed by atoms with van der Waals surface area (Å²) in [6.07, 6.45) is 3.74. The van der Waals surface area contributed by atoms with Gasteiger partial charge in [0.1, 0.15) is 0 Å². The Bertz CT molecular complexity index is 1180. The molecule has 0 amide bonds. The fraction of sp³-hybridized carbons (Fsp3) is 0.261. The van der Waals surface area contributed by atoms with Gasteiger partial charge in [0.25, 0.3) is 10.1 Å². The molecule has 1 aromatic heterocycles. The van der Waals surface area contributed by atoms with Gasteiger partial charge in [-0.25, -0.2) is 0 Å². The molecule has 1 aliphatic heterocycles. The minimum absolute atomic E-state index is 0.199. The van der Waals surface area contributed by atoms with Gasteiger partial charge in [-0.3, -0.25) is 9.54 Å². The molecule has 4 rings (SSSR count). The molecule has 0 radical (unpaired) electrons. The van der Waals surface area contributed by atoms with Gasteiger partial charge in [-0.05, 0) is 42.7 Å². The van der Waals surface area contributed by atoms with Crippen LogP contribution in [-0.4, -0.2) is 23.3 Å². The van der Waals surface area contributed by atoms with Crippen LogP contribution in [0.15, 0.2) is 60.8 Å². The van der Waals surface area contributed by atoms with Crippen molar-refractivity contribution in [3.8, 4) is 22.8 Å². The highest BCUT2D eigenvalue weighted by atomic mass is 32.2. The molecule has 1 unspecified atom stereocenters. The molecule has 1 aliphatic rings. The minimum atomic E-state index is -4.37. The summed E-state index contributed by atoms with van der Waals surface area (Å²) in [5.74, 6) is 1.07. The van der Waals surface area contributed by atoms with Crippen molar-refractivity contribution in [3.63, 3.8) is 0 Å². The third kappa shape index (κ3) is 3.55. The van der Waals surface area contributed by atoms with Gasteiger partial charge in [-0.15, -0.1) is 0 Å². The predicted molar refractivity (Wildman–Crippen MR) is 118 cm³/mol. The number of nitrogens with zero attached hydrogens (tertiary/aromatic N) is 2. The maximum absolute atomic E-state index is 12.4. The van der Waals surface area contributed by atoms with Crippen molar-refractivity contribution in [3.05, 3.63) is 66.4 Å². The van der Waals surface area contributed by atoms with Crippen LogP contribution in [0.3, 0.4) is 0 Å². The van der Waals surface area contributed by atoms with E-state index < -0.39 is 15.5 Å². The number of hydrogen-bond acceptors (Lipinski definition) is 5. The summed E-state index contributed by atoms with van der Waals surface area (Å²) in [6, 6.07) is 16.8. The van der Waals surface area contributed by atoms with Gasteiger partial charge >= 0.3 is 0 Å². The molecule has 0 fully saturated rings. The zero-order valence-electron chi connectivity index (χ0n) is 16.9. The second-order valence-electron chi connectivity index (χ2n) is 7.23. The molecule has 6 nitrogen and oxygen atoms in total. The number of aryl methyl sites for hydroxylation is 1. The Balaban J connectivity index is 2.01. The van der Waals surface area contributed by atoms with Gasteiger partial charge in [0.15, 0.2) is 16.9 Å². The molecule has 1 atom stereocenters. The quantitative estimate of drug-likeness (QED) is 0.521. The number of fused-ring (bicyclic) bond motifs is 2. The highest BCUT2D eigenvalue weighted by Crippen LogP contribution is 2.52. The molecule has 1 N–H and O–H groups in total. The van der Waals surface area contributed by atoms with Crippen molar-refractivity contribution in [2.24, 2.45) is 0 Å². The highest BCUT2D eigenvalue weighted by Gasteiger charge is 2.37. The van der Waals surface area contributed by atoms with E-state index in [4.69, 9.17) is 4.74 Å². The van der Waals surface area contributed by atoms with Crippen LogP contribution in [0.5, 0.6) is 11.5 Å². The zero-order valence-corrected chi connectivity index (χ0v) is 17.8. The Hall–Kier alpha value is -2.90. The summed E-state index contributed by atoms with van der Waals surface area (Å²) in [6.45, 7) is 3.84.